The number of hydrogen-bond donors (Lipinski definition) is 1. The van der Waals surface area contributed by atoms with E-state index in [1.165, 1.54) is 0 Å². The molecule has 3 aliphatic rings. The number of hydrogen-bond acceptors (Lipinski definition) is 8. The first-order valence-corrected chi connectivity index (χ1v) is 12.0. The molecular formula is C23H25ClFN7O3. The molecule has 2 aromatic heterocycles. The van der Waals surface area contributed by atoms with Crippen LogP contribution in [-0.2, 0) is 9.47 Å². The predicted molar refractivity (Wildman–Crippen MR) is 128 cm³/mol. The standard InChI is InChI=1S/C23H25ClFN7O3/c1-13-10-35-23(33)31(13)15-3-2-14-7-26-22(28-18(14)6-15)29-19-8-27-32(21(19)24)20-4-5-30(9-17(20)25)16-11-34-12-16/h2-3,6-8,13,16-17,20H,4-5,9-12H2,1H3,(H,26,28,29)/t13-,17-,20-/m0/s1. The number of cyclic esters (lactones) is 1. The van der Waals surface area contributed by atoms with Gasteiger partial charge in [0, 0.05) is 30.4 Å². The summed E-state index contributed by atoms with van der Waals surface area (Å²) in [5.74, 6) is 0.324. The van der Waals surface area contributed by atoms with E-state index in [1.54, 1.807) is 22.0 Å². The second-order valence-corrected chi connectivity index (χ2v) is 9.57. The lowest BCUT2D eigenvalue weighted by molar-refractivity contribution is -0.0847. The molecule has 3 aliphatic heterocycles. The fourth-order valence-corrected chi connectivity index (χ4v) is 5.10. The lowest BCUT2D eigenvalue weighted by atomic mass is 10.0. The molecule has 0 aliphatic carbocycles. The van der Waals surface area contributed by atoms with E-state index >= 15 is 4.39 Å². The Morgan fingerprint density at radius 3 is 2.80 bits per heavy atom. The third-order valence-electron chi connectivity index (χ3n) is 6.90. The Balaban J connectivity index is 1.20. The van der Waals surface area contributed by atoms with E-state index in [9.17, 15) is 4.79 Å². The molecule has 0 saturated carbocycles. The second kappa shape index (κ2) is 8.89. The Morgan fingerprint density at radius 2 is 2.09 bits per heavy atom. The number of halogens is 2. The lowest BCUT2D eigenvalue weighted by Crippen LogP contribution is -2.55. The van der Waals surface area contributed by atoms with Crippen molar-refractivity contribution >= 4 is 45.9 Å². The molecule has 6 rings (SSSR count). The van der Waals surface area contributed by atoms with Gasteiger partial charge in [0.1, 0.15) is 12.8 Å². The Hall–Kier alpha value is -3.02. The lowest BCUT2D eigenvalue weighted by Gasteiger charge is -2.42. The molecule has 12 heteroatoms. The van der Waals surface area contributed by atoms with Crippen molar-refractivity contribution < 1.29 is 18.7 Å². The largest absolute Gasteiger partial charge is 0.447 e. The molecule has 1 amide bonds. The van der Waals surface area contributed by atoms with Gasteiger partial charge in [-0.3, -0.25) is 9.80 Å². The van der Waals surface area contributed by atoms with Gasteiger partial charge in [0.25, 0.3) is 0 Å². The number of alkyl halides is 1. The first-order valence-electron chi connectivity index (χ1n) is 11.7. The third kappa shape index (κ3) is 4.07. The Bertz CT molecular complexity index is 1270. The predicted octanol–water partition coefficient (Wildman–Crippen LogP) is 3.55. The summed E-state index contributed by atoms with van der Waals surface area (Å²) in [6.45, 7) is 4.73. The molecule has 0 spiro atoms. The van der Waals surface area contributed by atoms with Crippen LogP contribution in [-0.4, -0.2) is 81.9 Å². The number of carbonyl (C=O) groups excluding carboxylic acids is 1. The summed E-state index contributed by atoms with van der Waals surface area (Å²) < 4.78 is 26.9. The molecule has 184 valence electrons. The van der Waals surface area contributed by atoms with Crippen LogP contribution < -0.4 is 10.2 Å². The highest BCUT2D eigenvalue weighted by molar-refractivity contribution is 6.32. The molecule has 10 nitrogen and oxygen atoms in total. The van der Waals surface area contributed by atoms with E-state index in [-0.39, 0.29) is 12.1 Å². The van der Waals surface area contributed by atoms with Gasteiger partial charge in [0.2, 0.25) is 5.95 Å². The van der Waals surface area contributed by atoms with Crippen molar-refractivity contribution in [2.75, 3.05) is 43.1 Å². The highest BCUT2D eigenvalue weighted by Crippen LogP contribution is 2.34. The van der Waals surface area contributed by atoms with Crippen molar-refractivity contribution in [3.63, 3.8) is 0 Å². The summed E-state index contributed by atoms with van der Waals surface area (Å²) in [6.07, 6.45) is 2.42. The molecule has 0 radical (unpaired) electrons. The fourth-order valence-electron chi connectivity index (χ4n) is 4.84. The van der Waals surface area contributed by atoms with E-state index < -0.39 is 12.2 Å². The van der Waals surface area contributed by atoms with E-state index in [1.807, 2.05) is 25.1 Å². The molecule has 0 bridgehead atoms. The topological polar surface area (TPSA) is 97.6 Å². The van der Waals surface area contributed by atoms with Crippen LogP contribution in [0.1, 0.15) is 19.4 Å². The number of piperidine rings is 1. The quantitative estimate of drug-likeness (QED) is 0.567. The molecule has 0 unspecified atom stereocenters. The highest BCUT2D eigenvalue weighted by Gasteiger charge is 2.37. The van der Waals surface area contributed by atoms with Crippen LogP contribution in [0, 0.1) is 0 Å². The molecule has 3 aromatic rings. The minimum Gasteiger partial charge on any atom is -0.447 e. The molecule has 5 heterocycles. The minimum absolute atomic E-state index is 0.0581. The number of nitrogens with zero attached hydrogens (tertiary/aromatic N) is 6. The smallest absolute Gasteiger partial charge is 0.414 e. The summed E-state index contributed by atoms with van der Waals surface area (Å²) in [7, 11) is 0. The Morgan fingerprint density at radius 1 is 1.23 bits per heavy atom. The summed E-state index contributed by atoms with van der Waals surface area (Å²) in [4.78, 5) is 24.8. The average molecular weight is 502 g/mol. The maximum Gasteiger partial charge on any atom is 0.414 e. The average Bonchev–Trinajstić information content (AvgIpc) is 3.33. The number of amides is 1. The van der Waals surface area contributed by atoms with Gasteiger partial charge in [0.05, 0.1) is 48.7 Å². The van der Waals surface area contributed by atoms with Gasteiger partial charge in [-0.05, 0) is 31.5 Å². The van der Waals surface area contributed by atoms with Gasteiger partial charge >= 0.3 is 6.09 Å². The number of likely N-dealkylation sites (tertiary alicyclic amines) is 1. The van der Waals surface area contributed by atoms with Crippen LogP contribution in [0.25, 0.3) is 10.9 Å². The zero-order valence-electron chi connectivity index (χ0n) is 19.1. The van der Waals surface area contributed by atoms with Gasteiger partial charge in [-0.1, -0.05) is 11.6 Å². The number of anilines is 3. The van der Waals surface area contributed by atoms with Crippen molar-refractivity contribution in [1.82, 2.24) is 24.6 Å². The molecule has 3 atom stereocenters. The van der Waals surface area contributed by atoms with Crippen molar-refractivity contribution in [2.24, 2.45) is 0 Å². The van der Waals surface area contributed by atoms with Gasteiger partial charge in [-0.25, -0.2) is 23.8 Å². The van der Waals surface area contributed by atoms with Crippen LogP contribution >= 0.6 is 11.6 Å². The van der Waals surface area contributed by atoms with Gasteiger partial charge in [-0.15, -0.1) is 0 Å². The van der Waals surface area contributed by atoms with Crippen molar-refractivity contribution in [1.29, 1.82) is 0 Å². The summed E-state index contributed by atoms with van der Waals surface area (Å²) in [6, 6.07) is 5.35. The Kier molecular flexibility index (Phi) is 5.70. The van der Waals surface area contributed by atoms with Crippen molar-refractivity contribution in [3.05, 3.63) is 35.7 Å². The first-order chi connectivity index (χ1) is 17.0. The number of nitrogens with one attached hydrogen (secondary N) is 1. The number of aromatic nitrogens is 4. The maximum absolute atomic E-state index is 15.0. The molecule has 35 heavy (non-hydrogen) atoms. The monoisotopic (exact) mass is 501 g/mol. The number of ether oxygens (including phenoxy) is 2. The van der Waals surface area contributed by atoms with E-state index in [2.05, 4.69) is 25.3 Å². The van der Waals surface area contributed by atoms with Gasteiger partial charge < -0.3 is 14.8 Å². The normalized spacial score (nSPS) is 25.6. The number of benzene rings is 1. The summed E-state index contributed by atoms with van der Waals surface area (Å²) >= 11 is 6.60. The van der Waals surface area contributed by atoms with E-state index in [0.29, 0.717) is 66.8 Å². The number of carbonyl (C=O) groups is 1. The SMILES string of the molecule is C[C@H]1COC(=O)N1c1ccc2cnc(Nc3cnn([C@H]4CCN(C5COC5)C[C@@H]4F)c3Cl)nc2c1. The number of fused-ring (bicyclic) bond motifs is 1. The highest BCUT2D eigenvalue weighted by atomic mass is 35.5. The number of rotatable bonds is 5. The van der Waals surface area contributed by atoms with Crippen LogP contribution in [0.3, 0.4) is 0 Å². The van der Waals surface area contributed by atoms with E-state index in [0.717, 1.165) is 11.9 Å². The first kappa shape index (κ1) is 22.4. The van der Waals surface area contributed by atoms with Crippen LogP contribution in [0.5, 0.6) is 0 Å². The molecule has 1 N–H and O–H groups in total. The van der Waals surface area contributed by atoms with Crippen molar-refractivity contribution in [3.8, 4) is 0 Å². The van der Waals surface area contributed by atoms with E-state index in [4.69, 9.17) is 21.1 Å². The Labute approximate surface area is 206 Å². The van der Waals surface area contributed by atoms with Crippen LogP contribution in [0.4, 0.5) is 26.5 Å². The summed E-state index contributed by atoms with van der Waals surface area (Å²) in [5, 5.41) is 8.59. The molecule has 3 saturated heterocycles. The minimum atomic E-state index is -1.08. The third-order valence-corrected chi connectivity index (χ3v) is 7.28. The second-order valence-electron chi connectivity index (χ2n) is 9.21. The maximum atomic E-state index is 15.0. The zero-order valence-corrected chi connectivity index (χ0v) is 19.9. The molecular weight excluding hydrogens is 477 g/mol. The van der Waals surface area contributed by atoms with Gasteiger partial charge in [-0.2, -0.15) is 5.10 Å². The van der Waals surface area contributed by atoms with Crippen LogP contribution in [0.15, 0.2) is 30.6 Å². The molecule has 1 aromatic carbocycles. The zero-order chi connectivity index (χ0) is 24.1. The summed E-state index contributed by atoms with van der Waals surface area (Å²) in [5.41, 5.74) is 1.87. The van der Waals surface area contributed by atoms with Gasteiger partial charge in [0.15, 0.2) is 5.15 Å². The molecule has 3 fully saturated rings. The fraction of sp³-hybridized carbons (Fsp3) is 0.478. The van der Waals surface area contributed by atoms with Crippen molar-refractivity contribution in [2.45, 2.75) is 37.6 Å². The van der Waals surface area contributed by atoms with Crippen LogP contribution in [0.2, 0.25) is 5.15 Å².